The molecule has 1 aliphatic heterocycles. The first-order chi connectivity index (χ1) is 22.4. The third-order valence-electron chi connectivity index (χ3n) is 7.81. The van der Waals surface area contributed by atoms with Gasteiger partial charge in [-0.3, -0.25) is 4.79 Å². The largest absolute Gasteiger partial charge is 0.324 e. The highest BCUT2D eigenvalue weighted by Gasteiger charge is 2.20. The molecule has 6 rings (SSSR count). The van der Waals surface area contributed by atoms with E-state index in [0.29, 0.717) is 46.3 Å². The molecule has 3 aromatic carbocycles. The predicted molar refractivity (Wildman–Crippen MR) is 176 cm³/mol. The van der Waals surface area contributed by atoms with Crippen LogP contribution in [0.4, 0.5) is 30.5 Å². The number of hydrogen-bond acceptors (Lipinski definition) is 7. The molecule has 1 saturated heterocycles. The number of carbonyl (C=O) groups excluding carboxylic acids is 1. The van der Waals surface area contributed by atoms with E-state index in [9.17, 15) is 18.0 Å². The summed E-state index contributed by atoms with van der Waals surface area (Å²) in [6.07, 6.45) is 6.37. The number of benzene rings is 3. The van der Waals surface area contributed by atoms with Gasteiger partial charge in [0.25, 0.3) is 5.91 Å². The molecular weight excluding hydrogens is 609 g/mol. The van der Waals surface area contributed by atoms with Crippen LogP contribution < -0.4 is 10.6 Å². The van der Waals surface area contributed by atoms with Gasteiger partial charge in [0.05, 0.1) is 21.3 Å². The van der Waals surface area contributed by atoms with Crippen LogP contribution in [-0.4, -0.2) is 45.4 Å². The Morgan fingerprint density at radius 2 is 1.67 bits per heavy atom. The zero-order valence-electron chi connectivity index (χ0n) is 25.3. The summed E-state index contributed by atoms with van der Waals surface area (Å²) in [5.41, 5.74) is 2.91. The number of rotatable bonds is 11. The van der Waals surface area contributed by atoms with Gasteiger partial charge in [-0.1, -0.05) is 31.2 Å². The van der Waals surface area contributed by atoms with Gasteiger partial charge in [0.2, 0.25) is 5.95 Å². The second kappa shape index (κ2) is 14.2. The SMILES string of the molecule is CCCc1nc(-c2cccc(NC(=O)c3c(F)cccc3F)c2)c(-c2ccnc(Nc3ccc(CCN4CCCC4)c(F)c3)n2)s1. The Morgan fingerprint density at radius 1 is 0.891 bits per heavy atom. The third kappa shape index (κ3) is 7.27. The van der Waals surface area contributed by atoms with E-state index in [1.54, 1.807) is 30.5 Å². The number of aryl methyl sites for hydroxylation is 1. The van der Waals surface area contributed by atoms with E-state index in [0.717, 1.165) is 54.5 Å². The van der Waals surface area contributed by atoms with Crippen LogP contribution in [0.2, 0.25) is 0 Å². The molecule has 0 atom stereocenters. The first kappa shape index (κ1) is 31.4. The van der Waals surface area contributed by atoms with Crippen molar-refractivity contribution in [1.29, 1.82) is 0 Å². The highest BCUT2D eigenvalue weighted by Crippen LogP contribution is 2.37. The van der Waals surface area contributed by atoms with Gasteiger partial charge < -0.3 is 15.5 Å². The fourth-order valence-electron chi connectivity index (χ4n) is 5.49. The maximum absolute atomic E-state index is 15.0. The second-order valence-electron chi connectivity index (χ2n) is 11.2. The van der Waals surface area contributed by atoms with Crippen LogP contribution >= 0.6 is 11.3 Å². The average Bonchev–Trinajstić information content (AvgIpc) is 3.72. The summed E-state index contributed by atoms with van der Waals surface area (Å²) in [6.45, 7) is 5.08. The Kier molecular flexibility index (Phi) is 9.70. The Labute approximate surface area is 269 Å². The van der Waals surface area contributed by atoms with Crippen molar-refractivity contribution in [2.24, 2.45) is 0 Å². The summed E-state index contributed by atoms with van der Waals surface area (Å²) in [6, 6.07) is 17.1. The van der Waals surface area contributed by atoms with Crippen molar-refractivity contribution < 1.29 is 18.0 Å². The standard InChI is InChI=1S/C35H33F3N6OS/c1-2-7-30-43-32(23-8-5-9-24(20-23)40-34(45)31-26(36)10-6-11-27(31)37)33(46-30)29-14-16-39-35(42-29)41-25-13-12-22(28(38)21-25)15-19-44-17-3-4-18-44/h5-6,8-14,16,20-21H,2-4,7,15,17-19H2,1H3,(H,40,45)(H,39,41,42). The fourth-order valence-corrected chi connectivity index (χ4v) is 6.65. The van der Waals surface area contributed by atoms with Gasteiger partial charge in [-0.2, -0.15) is 0 Å². The first-order valence-corrected chi connectivity index (χ1v) is 16.2. The van der Waals surface area contributed by atoms with Gasteiger partial charge in [0, 0.05) is 29.7 Å². The van der Waals surface area contributed by atoms with Crippen molar-refractivity contribution >= 4 is 34.6 Å². The lowest BCUT2D eigenvalue weighted by Crippen LogP contribution is -2.22. The van der Waals surface area contributed by atoms with Crippen molar-refractivity contribution in [1.82, 2.24) is 19.9 Å². The summed E-state index contributed by atoms with van der Waals surface area (Å²) in [5, 5.41) is 6.64. The molecule has 1 amide bonds. The maximum Gasteiger partial charge on any atom is 0.261 e. The number of aromatic nitrogens is 3. The smallest absolute Gasteiger partial charge is 0.261 e. The highest BCUT2D eigenvalue weighted by molar-refractivity contribution is 7.15. The Morgan fingerprint density at radius 3 is 2.43 bits per heavy atom. The molecule has 0 spiro atoms. The van der Waals surface area contributed by atoms with Crippen molar-refractivity contribution in [3.05, 3.63) is 107 Å². The number of anilines is 3. The minimum atomic E-state index is -0.941. The lowest BCUT2D eigenvalue weighted by molar-refractivity contribution is 0.101. The normalized spacial score (nSPS) is 13.2. The molecule has 3 heterocycles. The van der Waals surface area contributed by atoms with E-state index < -0.39 is 23.1 Å². The fraction of sp³-hybridized carbons (Fsp3) is 0.257. The summed E-state index contributed by atoms with van der Waals surface area (Å²) in [7, 11) is 0. The average molecular weight is 643 g/mol. The molecule has 236 valence electrons. The second-order valence-corrected chi connectivity index (χ2v) is 12.2. The molecule has 2 aromatic heterocycles. The van der Waals surface area contributed by atoms with Gasteiger partial charge in [0.15, 0.2) is 0 Å². The van der Waals surface area contributed by atoms with Crippen LogP contribution in [-0.2, 0) is 12.8 Å². The summed E-state index contributed by atoms with van der Waals surface area (Å²) in [4.78, 5) is 29.9. The number of thiazole rings is 1. The van der Waals surface area contributed by atoms with Crippen molar-refractivity contribution in [2.45, 2.75) is 39.0 Å². The molecule has 5 aromatic rings. The topological polar surface area (TPSA) is 83.0 Å². The van der Waals surface area contributed by atoms with Crippen molar-refractivity contribution in [2.75, 3.05) is 30.3 Å². The van der Waals surface area contributed by atoms with E-state index in [2.05, 4.69) is 27.4 Å². The molecule has 0 saturated carbocycles. The van der Waals surface area contributed by atoms with Crippen LogP contribution in [0, 0.1) is 17.5 Å². The van der Waals surface area contributed by atoms with Crippen LogP contribution in [0.3, 0.4) is 0 Å². The quantitative estimate of drug-likeness (QED) is 0.151. The lowest BCUT2D eigenvalue weighted by Gasteiger charge is -2.15. The molecule has 46 heavy (non-hydrogen) atoms. The van der Waals surface area contributed by atoms with E-state index in [-0.39, 0.29) is 5.82 Å². The summed E-state index contributed by atoms with van der Waals surface area (Å²) < 4.78 is 43.4. The van der Waals surface area contributed by atoms with Gasteiger partial charge in [0.1, 0.15) is 23.0 Å². The molecule has 0 aliphatic carbocycles. The van der Waals surface area contributed by atoms with Crippen molar-refractivity contribution in [3.8, 4) is 21.8 Å². The van der Waals surface area contributed by atoms with E-state index in [4.69, 9.17) is 9.97 Å². The zero-order chi connectivity index (χ0) is 32.0. The van der Waals surface area contributed by atoms with Gasteiger partial charge >= 0.3 is 0 Å². The Balaban J connectivity index is 1.23. The predicted octanol–water partition coefficient (Wildman–Crippen LogP) is 8.27. The van der Waals surface area contributed by atoms with Crippen LogP contribution in [0.5, 0.6) is 0 Å². The van der Waals surface area contributed by atoms with Gasteiger partial charge in [-0.25, -0.2) is 28.1 Å². The number of carbonyl (C=O) groups is 1. The zero-order valence-corrected chi connectivity index (χ0v) is 26.1. The van der Waals surface area contributed by atoms with E-state index in [1.807, 2.05) is 18.2 Å². The molecule has 0 unspecified atom stereocenters. The number of likely N-dealkylation sites (tertiary alicyclic amines) is 1. The number of nitrogens with zero attached hydrogens (tertiary/aromatic N) is 4. The maximum atomic E-state index is 15.0. The molecule has 1 fully saturated rings. The number of nitrogens with one attached hydrogen (secondary N) is 2. The van der Waals surface area contributed by atoms with Gasteiger partial charge in [-0.15, -0.1) is 11.3 Å². The summed E-state index contributed by atoms with van der Waals surface area (Å²) >= 11 is 1.51. The van der Waals surface area contributed by atoms with Crippen molar-refractivity contribution in [3.63, 3.8) is 0 Å². The monoisotopic (exact) mass is 642 g/mol. The van der Waals surface area contributed by atoms with Crippen LogP contribution in [0.1, 0.15) is 47.1 Å². The Bertz CT molecular complexity index is 1840. The lowest BCUT2D eigenvalue weighted by atomic mass is 10.1. The third-order valence-corrected chi connectivity index (χ3v) is 8.95. The molecule has 7 nitrogen and oxygen atoms in total. The van der Waals surface area contributed by atoms with Crippen LogP contribution in [0.15, 0.2) is 72.9 Å². The minimum absolute atomic E-state index is 0.265. The molecule has 1 aliphatic rings. The van der Waals surface area contributed by atoms with E-state index >= 15 is 0 Å². The minimum Gasteiger partial charge on any atom is -0.324 e. The first-order valence-electron chi connectivity index (χ1n) is 15.3. The van der Waals surface area contributed by atoms with E-state index in [1.165, 1.54) is 36.3 Å². The van der Waals surface area contributed by atoms with Crippen LogP contribution in [0.25, 0.3) is 21.8 Å². The number of halogens is 3. The molecule has 2 N–H and O–H groups in total. The summed E-state index contributed by atoms with van der Waals surface area (Å²) in [5.74, 6) is -2.72. The molecular formula is C35H33F3N6OS. The molecule has 0 radical (unpaired) electrons. The molecule has 0 bridgehead atoms. The number of hydrogen-bond donors (Lipinski definition) is 2. The Hall–Kier alpha value is -4.61. The van der Waals surface area contributed by atoms with Gasteiger partial charge in [-0.05, 0) is 93.2 Å². The molecule has 11 heteroatoms. The number of amides is 1. The highest BCUT2D eigenvalue weighted by atomic mass is 32.1.